The third kappa shape index (κ3) is 5.15. The van der Waals surface area contributed by atoms with Crippen molar-refractivity contribution >= 4 is 22.4 Å². The molecule has 3 N–H and O–H groups in total. The molecule has 2 aromatic heterocycles. The molecular weight excluding hydrogens is 496 g/mol. The van der Waals surface area contributed by atoms with Gasteiger partial charge in [0.25, 0.3) is 11.1 Å². The number of nitrogens with two attached hydrogens (primary N) is 1. The first-order valence-corrected chi connectivity index (χ1v) is 13.4. The van der Waals surface area contributed by atoms with Gasteiger partial charge in [0.1, 0.15) is 11.4 Å². The molecular formula is C28H36N8O3. The monoisotopic (exact) mass is 532 g/mol. The Bertz CT molecular complexity index is 1570. The largest absolute Gasteiger partial charge is 0.383 e. The van der Waals surface area contributed by atoms with Crippen molar-refractivity contribution in [2.24, 2.45) is 5.73 Å². The highest BCUT2D eigenvalue weighted by atomic mass is 16.5. The number of aromatic nitrogens is 4. The number of methoxy groups -OCH3 is 1. The van der Waals surface area contributed by atoms with E-state index in [-0.39, 0.29) is 43.1 Å². The van der Waals surface area contributed by atoms with E-state index in [1.54, 1.807) is 14.0 Å². The normalized spacial score (nSPS) is 19.1. The van der Waals surface area contributed by atoms with Gasteiger partial charge in [-0.05, 0) is 51.3 Å². The molecule has 2 aliphatic heterocycles. The molecule has 0 spiro atoms. The van der Waals surface area contributed by atoms with Crippen molar-refractivity contribution in [2.75, 3.05) is 43.6 Å². The molecule has 1 fully saturated rings. The topological polar surface area (TPSA) is 124 Å². The molecule has 0 bridgehead atoms. The highest BCUT2D eigenvalue weighted by Gasteiger charge is 2.39. The Morgan fingerprint density at radius 1 is 1.13 bits per heavy atom. The van der Waals surface area contributed by atoms with E-state index in [4.69, 9.17) is 10.5 Å². The smallest absolute Gasteiger partial charge is 0.291 e. The van der Waals surface area contributed by atoms with Gasteiger partial charge < -0.3 is 20.7 Å². The molecule has 2 atom stereocenters. The van der Waals surface area contributed by atoms with Gasteiger partial charge in [0.15, 0.2) is 6.29 Å². The van der Waals surface area contributed by atoms with Gasteiger partial charge in [0.2, 0.25) is 0 Å². The quantitative estimate of drug-likeness (QED) is 0.433. The van der Waals surface area contributed by atoms with Crippen LogP contribution in [0.2, 0.25) is 0 Å². The van der Waals surface area contributed by atoms with E-state index in [9.17, 15) is 9.59 Å². The number of fused-ring (bicyclic) bond motifs is 2. The Morgan fingerprint density at radius 2 is 1.90 bits per heavy atom. The molecule has 4 heterocycles. The number of nitrogens with zero attached hydrogens (tertiary/aromatic N) is 6. The highest BCUT2D eigenvalue weighted by Crippen LogP contribution is 2.31. The molecule has 206 valence electrons. The molecule has 1 saturated heterocycles. The lowest BCUT2D eigenvalue weighted by Gasteiger charge is -2.39. The van der Waals surface area contributed by atoms with Crippen LogP contribution in [0.5, 0.6) is 0 Å². The summed E-state index contributed by atoms with van der Waals surface area (Å²) in [6.45, 7) is 8.15. The number of anilines is 2. The van der Waals surface area contributed by atoms with Gasteiger partial charge >= 0.3 is 0 Å². The number of likely N-dealkylation sites (tertiary alicyclic amines) is 1. The summed E-state index contributed by atoms with van der Waals surface area (Å²) in [6.07, 6.45) is 1.54. The third-order valence-electron chi connectivity index (χ3n) is 7.51. The van der Waals surface area contributed by atoms with E-state index in [1.165, 1.54) is 9.36 Å². The van der Waals surface area contributed by atoms with Crippen LogP contribution >= 0.6 is 0 Å². The molecule has 0 amide bonds. The molecule has 0 aliphatic carbocycles. The van der Waals surface area contributed by atoms with E-state index in [0.717, 1.165) is 47.4 Å². The number of rotatable bonds is 7. The number of aryl methyl sites for hydroxylation is 2. The lowest BCUT2D eigenvalue weighted by Crippen LogP contribution is -2.56. The Balaban J connectivity index is 1.61. The SMILES string of the molecule is CC#CCN1c2c(c(=O)n(CCOC)n(Cc3ccc4nc(C)c(C)nc4c3)c2=O)NC1N1CCCC(N)C1. The average molecular weight is 533 g/mol. The second-order valence-electron chi connectivity index (χ2n) is 10.2. The zero-order valence-corrected chi connectivity index (χ0v) is 23.0. The Labute approximate surface area is 227 Å². The fraction of sp³-hybridized carbons (Fsp3) is 0.500. The van der Waals surface area contributed by atoms with Gasteiger partial charge in [-0.15, -0.1) is 5.92 Å². The van der Waals surface area contributed by atoms with Crippen LogP contribution in [0.15, 0.2) is 27.8 Å². The summed E-state index contributed by atoms with van der Waals surface area (Å²) in [6, 6.07) is 5.80. The predicted octanol–water partition coefficient (Wildman–Crippen LogP) is 1.23. The van der Waals surface area contributed by atoms with Gasteiger partial charge in [0.05, 0.1) is 48.7 Å². The summed E-state index contributed by atoms with van der Waals surface area (Å²) in [5, 5.41) is 3.36. The Hall–Kier alpha value is -3.72. The Morgan fingerprint density at radius 3 is 2.62 bits per heavy atom. The van der Waals surface area contributed by atoms with Gasteiger partial charge in [-0.2, -0.15) is 0 Å². The molecule has 3 aromatic rings. The van der Waals surface area contributed by atoms with Crippen LogP contribution in [0, 0.1) is 25.7 Å². The zero-order valence-electron chi connectivity index (χ0n) is 23.0. The maximum absolute atomic E-state index is 14.2. The Kier molecular flexibility index (Phi) is 7.70. The first-order chi connectivity index (χ1) is 18.8. The second-order valence-corrected chi connectivity index (χ2v) is 10.2. The average Bonchev–Trinajstić information content (AvgIpc) is 3.31. The van der Waals surface area contributed by atoms with Crippen LogP contribution in [-0.2, 0) is 17.8 Å². The molecule has 39 heavy (non-hydrogen) atoms. The predicted molar refractivity (Wildman–Crippen MR) is 152 cm³/mol. The van der Waals surface area contributed by atoms with Crippen molar-refractivity contribution in [3.8, 4) is 11.8 Å². The van der Waals surface area contributed by atoms with Crippen molar-refractivity contribution in [3.63, 3.8) is 0 Å². The van der Waals surface area contributed by atoms with E-state index in [0.29, 0.717) is 24.5 Å². The van der Waals surface area contributed by atoms with Crippen molar-refractivity contribution in [2.45, 2.75) is 59.0 Å². The van der Waals surface area contributed by atoms with E-state index < -0.39 is 0 Å². The van der Waals surface area contributed by atoms with Gasteiger partial charge in [-0.3, -0.25) is 14.5 Å². The number of ether oxygens (including phenoxy) is 1. The molecule has 11 heteroatoms. The summed E-state index contributed by atoms with van der Waals surface area (Å²) in [7, 11) is 1.58. The lowest BCUT2D eigenvalue weighted by molar-refractivity contribution is 0.165. The van der Waals surface area contributed by atoms with Crippen LogP contribution in [-0.4, -0.2) is 69.9 Å². The fourth-order valence-electron chi connectivity index (χ4n) is 5.39. The highest BCUT2D eigenvalue weighted by molar-refractivity contribution is 5.76. The van der Waals surface area contributed by atoms with Crippen LogP contribution in [0.25, 0.3) is 11.0 Å². The van der Waals surface area contributed by atoms with Crippen LogP contribution in [0.4, 0.5) is 11.4 Å². The molecule has 2 unspecified atom stereocenters. The van der Waals surface area contributed by atoms with Gasteiger partial charge in [-0.25, -0.2) is 19.3 Å². The molecule has 0 saturated carbocycles. The number of nitrogens with one attached hydrogen (secondary N) is 1. The number of benzene rings is 1. The van der Waals surface area contributed by atoms with Crippen molar-refractivity contribution in [1.82, 2.24) is 24.2 Å². The first-order valence-electron chi connectivity index (χ1n) is 13.4. The minimum absolute atomic E-state index is 0.0433. The van der Waals surface area contributed by atoms with Gasteiger partial charge in [-0.1, -0.05) is 12.0 Å². The minimum atomic E-state index is -0.374. The zero-order chi connectivity index (χ0) is 27.7. The standard InChI is InChI=1S/C28H36N8O3/c1-5-6-12-34-25-24(32-28(34)33-11-7-8-21(29)17-33)26(37)35(13-14-39-4)36(27(25)38)16-20-9-10-22-23(15-20)31-19(3)18(2)30-22/h9-10,15,21,28,32H,7-8,11-14,16-17,29H2,1-4H3. The number of hydrogen-bond donors (Lipinski definition) is 2. The summed E-state index contributed by atoms with van der Waals surface area (Å²) in [5.41, 5.74) is 10.5. The van der Waals surface area contributed by atoms with E-state index in [1.807, 2.05) is 36.9 Å². The maximum atomic E-state index is 14.2. The van der Waals surface area contributed by atoms with E-state index >= 15 is 0 Å². The molecule has 1 aromatic carbocycles. The van der Waals surface area contributed by atoms with Crippen molar-refractivity contribution in [3.05, 3.63) is 55.9 Å². The van der Waals surface area contributed by atoms with Crippen LogP contribution in [0.3, 0.4) is 0 Å². The fourth-order valence-corrected chi connectivity index (χ4v) is 5.39. The summed E-state index contributed by atoms with van der Waals surface area (Å²) in [4.78, 5) is 41.5. The number of hydrogen-bond acceptors (Lipinski definition) is 9. The maximum Gasteiger partial charge on any atom is 0.291 e. The molecule has 2 aliphatic rings. The molecule has 0 radical (unpaired) electrons. The molecule has 11 nitrogen and oxygen atoms in total. The first kappa shape index (κ1) is 26.9. The third-order valence-corrected chi connectivity index (χ3v) is 7.51. The summed E-state index contributed by atoms with van der Waals surface area (Å²) < 4.78 is 8.27. The molecule has 5 rings (SSSR count). The van der Waals surface area contributed by atoms with Gasteiger partial charge in [0, 0.05) is 26.2 Å². The summed E-state index contributed by atoms with van der Waals surface area (Å²) in [5.74, 6) is 6.02. The second kappa shape index (κ2) is 11.2. The lowest BCUT2D eigenvalue weighted by atomic mass is 10.1. The number of piperidine rings is 1. The van der Waals surface area contributed by atoms with Crippen molar-refractivity contribution < 1.29 is 4.74 Å². The van der Waals surface area contributed by atoms with Crippen molar-refractivity contribution in [1.29, 1.82) is 0 Å². The van der Waals surface area contributed by atoms with E-state index in [2.05, 4.69) is 32.0 Å². The van der Waals surface area contributed by atoms with Crippen LogP contribution < -0.4 is 27.1 Å². The minimum Gasteiger partial charge on any atom is -0.383 e. The summed E-state index contributed by atoms with van der Waals surface area (Å²) >= 11 is 0. The van der Waals surface area contributed by atoms with Crippen LogP contribution in [0.1, 0.15) is 36.7 Å².